The van der Waals surface area contributed by atoms with Gasteiger partial charge in [-0.2, -0.15) is 15.1 Å². The van der Waals surface area contributed by atoms with Crippen LogP contribution in [0.5, 0.6) is 5.75 Å². The van der Waals surface area contributed by atoms with Crippen LogP contribution >= 0.6 is 11.8 Å². The predicted octanol–water partition coefficient (Wildman–Crippen LogP) is 3.35. The number of amidine groups is 2. The van der Waals surface area contributed by atoms with Crippen molar-refractivity contribution in [1.82, 2.24) is 9.58 Å². The average Bonchev–Trinajstić information content (AvgIpc) is 3.23. The largest absolute Gasteiger partial charge is 0.495 e. The summed E-state index contributed by atoms with van der Waals surface area (Å²) in [5, 5.41) is 14.2. The van der Waals surface area contributed by atoms with Crippen LogP contribution in [0, 0.1) is 19.3 Å². The number of nitrogens with one attached hydrogen (secondary N) is 1. The maximum absolute atomic E-state index is 12.4. The molecule has 2 aromatic rings. The molecule has 0 bridgehead atoms. The Bertz CT molecular complexity index is 1060. The van der Waals surface area contributed by atoms with E-state index in [9.17, 15) is 4.79 Å². The molecule has 0 fully saturated rings. The number of nitrogens with zero attached hydrogens (tertiary/aromatic N) is 4. The number of ether oxygens (including phenoxy) is 1. The number of amides is 1. The standard InChI is InChI=1S/C19H17N5O2S/c1-11-8-13(12(2)23(11)15-6-4-5-7-16(15)26-3)9-14-17(20)24-19(22-18(14)25)27-10-21-24/h4-10,20H,1-3H3/b14-9-,20-17?. The van der Waals surface area contributed by atoms with Gasteiger partial charge in [0.2, 0.25) is 0 Å². The van der Waals surface area contributed by atoms with Gasteiger partial charge in [-0.25, -0.2) is 0 Å². The molecule has 0 aliphatic carbocycles. The first-order valence-corrected chi connectivity index (χ1v) is 9.14. The molecule has 0 saturated carbocycles. The number of aryl methyl sites for hydroxylation is 1. The van der Waals surface area contributed by atoms with Crippen LogP contribution in [0.2, 0.25) is 0 Å². The van der Waals surface area contributed by atoms with E-state index in [2.05, 4.69) is 14.7 Å². The van der Waals surface area contributed by atoms with Crippen molar-refractivity contribution in [2.24, 2.45) is 10.1 Å². The first-order valence-electron chi connectivity index (χ1n) is 8.26. The molecule has 0 radical (unpaired) electrons. The summed E-state index contributed by atoms with van der Waals surface area (Å²) >= 11 is 1.23. The van der Waals surface area contributed by atoms with Gasteiger partial charge in [-0.3, -0.25) is 10.2 Å². The summed E-state index contributed by atoms with van der Waals surface area (Å²) < 4.78 is 7.55. The number of hydrazone groups is 1. The number of hydrogen-bond donors (Lipinski definition) is 1. The second kappa shape index (κ2) is 6.55. The molecule has 0 saturated heterocycles. The second-order valence-electron chi connectivity index (χ2n) is 6.09. The highest BCUT2D eigenvalue weighted by Gasteiger charge is 2.32. The number of hydrogen-bond acceptors (Lipinski definition) is 5. The zero-order valence-electron chi connectivity index (χ0n) is 15.1. The lowest BCUT2D eigenvalue weighted by atomic mass is 10.1. The molecule has 7 nitrogen and oxygen atoms in total. The molecular formula is C19H17N5O2S. The SMILES string of the molecule is COc1ccccc1-n1c(C)cc(/C=C2/C(=N)N3N=CSC3=NC2=O)c1C. The fourth-order valence-electron chi connectivity index (χ4n) is 3.21. The van der Waals surface area contributed by atoms with Crippen molar-refractivity contribution in [3.8, 4) is 11.4 Å². The summed E-state index contributed by atoms with van der Waals surface area (Å²) in [6.07, 6.45) is 1.71. The zero-order valence-corrected chi connectivity index (χ0v) is 15.9. The van der Waals surface area contributed by atoms with Gasteiger partial charge in [-0.15, -0.1) is 0 Å². The van der Waals surface area contributed by atoms with Gasteiger partial charge < -0.3 is 9.30 Å². The molecule has 3 heterocycles. The Hall–Kier alpha value is -3.13. The number of benzene rings is 1. The average molecular weight is 379 g/mol. The van der Waals surface area contributed by atoms with Gasteiger partial charge in [-0.05, 0) is 55.4 Å². The molecule has 2 aliphatic rings. The molecule has 1 N–H and O–H groups in total. The molecule has 8 heteroatoms. The van der Waals surface area contributed by atoms with Crippen LogP contribution in [0.3, 0.4) is 0 Å². The maximum Gasteiger partial charge on any atom is 0.283 e. The molecule has 1 aromatic heterocycles. The van der Waals surface area contributed by atoms with Crippen molar-refractivity contribution < 1.29 is 9.53 Å². The van der Waals surface area contributed by atoms with Gasteiger partial charge in [0.25, 0.3) is 5.91 Å². The highest BCUT2D eigenvalue weighted by molar-refractivity contribution is 8.25. The first-order chi connectivity index (χ1) is 13.0. The van der Waals surface area contributed by atoms with Crippen LogP contribution < -0.4 is 4.74 Å². The van der Waals surface area contributed by atoms with Crippen LogP contribution in [0.4, 0.5) is 0 Å². The highest BCUT2D eigenvalue weighted by Crippen LogP contribution is 2.30. The molecule has 1 aromatic carbocycles. The van der Waals surface area contributed by atoms with Gasteiger partial charge >= 0.3 is 0 Å². The van der Waals surface area contributed by atoms with E-state index in [4.69, 9.17) is 10.1 Å². The summed E-state index contributed by atoms with van der Waals surface area (Å²) in [7, 11) is 1.64. The monoisotopic (exact) mass is 379 g/mol. The fourth-order valence-corrected chi connectivity index (χ4v) is 3.82. The van der Waals surface area contributed by atoms with Crippen LogP contribution in [0.25, 0.3) is 11.8 Å². The van der Waals surface area contributed by atoms with Crippen LogP contribution in [0.15, 0.2) is 46.0 Å². The maximum atomic E-state index is 12.4. The Kier molecular flexibility index (Phi) is 4.19. The van der Waals surface area contributed by atoms with E-state index >= 15 is 0 Å². The predicted molar refractivity (Wildman–Crippen MR) is 108 cm³/mol. The van der Waals surface area contributed by atoms with E-state index in [0.717, 1.165) is 28.4 Å². The molecule has 0 atom stereocenters. The number of methoxy groups -OCH3 is 1. The number of rotatable bonds is 3. The van der Waals surface area contributed by atoms with Gasteiger partial charge in [0.05, 0.1) is 23.9 Å². The van der Waals surface area contributed by atoms with Gasteiger partial charge in [-0.1, -0.05) is 12.1 Å². The third-order valence-corrected chi connectivity index (χ3v) is 5.17. The molecule has 1 amide bonds. The smallest absolute Gasteiger partial charge is 0.283 e. The van der Waals surface area contributed by atoms with Gasteiger partial charge in [0, 0.05) is 11.4 Å². The number of carbonyl (C=O) groups excluding carboxylic acids is 1. The number of aromatic nitrogens is 1. The van der Waals surface area contributed by atoms with E-state index in [1.807, 2.05) is 44.2 Å². The van der Waals surface area contributed by atoms with Crippen molar-refractivity contribution in [2.45, 2.75) is 13.8 Å². The van der Waals surface area contributed by atoms with E-state index in [1.54, 1.807) is 18.7 Å². The quantitative estimate of drug-likeness (QED) is 0.829. The Morgan fingerprint density at radius 1 is 1.26 bits per heavy atom. The molecule has 4 rings (SSSR count). The summed E-state index contributed by atoms with van der Waals surface area (Å²) in [5.41, 5.74) is 5.50. The van der Waals surface area contributed by atoms with Gasteiger partial charge in [0.15, 0.2) is 11.0 Å². The Morgan fingerprint density at radius 3 is 2.81 bits per heavy atom. The number of fused-ring (bicyclic) bond motifs is 1. The van der Waals surface area contributed by atoms with E-state index in [-0.39, 0.29) is 11.4 Å². The van der Waals surface area contributed by atoms with Crippen LogP contribution in [-0.2, 0) is 4.79 Å². The van der Waals surface area contributed by atoms with Crippen molar-refractivity contribution in [2.75, 3.05) is 7.11 Å². The third kappa shape index (κ3) is 2.78. The van der Waals surface area contributed by atoms with Gasteiger partial charge in [0.1, 0.15) is 5.75 Å². The summed E-state index contributed by atoms with van der Waals surface area (Å²) in [6, 6.07) is 9.75. The van der Waals surface area contributed by atoms with E-state index in [1.165, 1.54) is 16.8 Å². The van der Waals surface area contributed by atoms with E-state index < -0.39 is 5.91 Å². The van der Waals surface area contributed by atoms with Crippen molar-refractivity contribution >= 4 is 40.3 Å². The number of aliphatic imine (C=N–C) groups is 1. The minimum Gasteiger partial charge on any atom is -0.495 e. The molecule has 0 spiro atoms. The molecular weight excluding hydrogens is 362 g/mol. The summed E-state index contributed by atoms with van der Waals surface area (Å²) in [5.74, 6) is 0.373. The normalized spacial score (nSPS) is 17.5. The third-order valence-electron chi connectivity index (χ3n) is 4.49. The number of para-hydroxylation sites is 2. The summed E-state index contributed by atoms with van der Waals surface area (Å²) in [4.78, 5) is 16.4. The Balaban J connectivity index is 1.81. The Morgan fingerprint density at radius 2 is 2.04 bits per heavy atom. The second-order valence-corrected chi connectivity index (χ2v) is 6.90. The first kappa shape index (κ1) is 17.3. The molecule has 2 aliphatic heterocycles. The van der Waals surface area contributed by atoms with Crippen LogP contribution in [-0.4, -0.2) is 39.1 Å². The summed E-state index contributed by atoms with van der Waals surface area (Å²) in [6.45, 7) is 3.97. The minimum absolute atomic E-state index is 0.0355. The highest BCUT2D eigenvalue weighted by atomic mass is 32.2. The molecule has 27 heavy (non-hydrogen) atoms. The molecule has 136 valence electrons. The molecule has 0 unspecified atom stereocenters. The van der Waals surface area contributed by atoms with Crippen molar-refractivity contribution in [3.05, 3.63) is 52.9 Å². The number of carbonyl (C=O) groups is 1. The van der Waals surface area contributed by atoms with E-state index in [0.29, 0.717) is 5.17 Å². The zero-order chi connectivity index (χ0) is 19.1. The Labute approximate surface area is 160 Å². The lowest BCUT2D eigenvalue weighted by Gasteiger charge is -2.20. The van der Waals surface area contributed by atoms with Crippen LogP contribution in [0.1, 0.15) is 17.0 Å². The van der Waals surface area contributed by atoms with Crippen molar-refractivity contribution in [1.29, 1.82) is 5.41 Å². The fraction of sp³-hybridized carbons (Fsp3) is 0.158. The minimum atomic E-state index is -0.425. The lowest BCUT2D eigenvalue weighted by Crippen LogP contribution is -2.35. The topological polar surface area (TPSA) is 83.0 Å². The lowest BCUT2D eigenvalue weighted by molar-refractivity contribution is -0.114. The van der Waals surface area contributed by atoms with Crippen molar-refractivity contribution in [3.63, 3.8) is 0 Å². The number of thioether (sulfide) groups is 1.